The highest BCUT2D eigenvalue weighted by Crippen LogP contribution is 2.37. The Morgan fingerprint density at radius 2 is 2.25 bits per heavy atom. The molecule has 9 heteroatoms. The van der Waals surface area contributed by atoms with Crippen molar-refractivity contribution >= 4 is 17.2 Å². The molecule has 1 saturated heterocycles. The average molecular weight is 357 g/mol. The first-order valence-corrected chi connectivity index (χ1v) is 8.07. The Bertz CT molecular complexity index is 720. The Morgan fingerprint density at radius 3 is 2.92 bits per heavy atom. The van der Waals surface area contributed by atoms with Gasteiger partial charge in [0.25, 0.3) is 5.91 Å². The van der Waals surface area contributed by atoms with E-state index in [2.05, 4.69) is 9.97 Å². The third-order valence-electron chi connectivity index (χ3n) is 3.92. The number of hydrogen-bond acceptors (Lipinski definition) is 5. The number of rotatable bonds is 3. The van der Waals surface area contributed by atoms with Gasteiger partial charge in [0.2, 0.25) is 0 Å². The highest BCUT2D eigenvalue weighted by atomic mass is 32.1. The zero-order valence-electron chi connectivity index (χ0n) is 12.7. The molecule has 0 saturated carbocycles. The predicted octanol–water partition coefficient (Wildman–Crippen LogP) is 3.16. The van der Waals surface area contributed by atoms with Gasteiger partial charge >= 0.3 is 6.18 Å². The van der Waals surface area contributed by atoms with E-state index in [-0.39, 0.29) is 6.04 Å². The summed E-state index contributed by atoms with van der Waals surface area (Å²) >= 11 is 0.417. The van der Waals surface area contributed by atoms with E-state index in [1.54, 1.807) is 18.5 Å². The zero-order chi connectivity index (χ0) is 17.3. The first kappa shape index (κ1) is 16.8. The van der Waals surface area contributed by atoms with Crippen molar-refractivity contribution < 1.29 is 22.7 Å². The Hall–Kier alpha value is -2.00. The summed E-state index contributed by atoms with van der Waals surface area (Å²) in [5.74, 6) is -0.757. The van der Waals surface area contributed by atoms with E-state index in [1.807, 2.05) is 6.07 Å². The molecule has 2 aromatic heterocycles. The lowest BCUT2D eigenvalue weighted by Crippen LogP contribution is -2.39. The van der Waals surface area contributed by atoms with Crippen molar-refractivity contribution in [3.63, 3.8) is 0 Å². The average Bonchev–Trinajstić information content (AvgIpc) is 3.22. The number of thiazole rings is 1. The summed E-state index contributed by atoms with van der Waals surface area (Å²) in [5, 5.41) is 0. The Kier molecular flexibility index (Phi) is 4.55. The number of amides is 1. The van der Waals surface area contributed by atoms with Crippen molar-refractivity contribution in [2.24, 2.45) is 0 Å². The second-order valence-corrected chi connectivity index (χ2v) is 6.23. The minimum absolute atomic E-state index is 0.371. The topological polar surface area (TPSA) is 55.3 Å². The summed E-state index contributed by atoms with van der Waals surface area (Å²) in [6.45, 7) is 0.422. The van der Waals surface area contributed by atoms with Crippen LogP contribution < -0.4 is 0 Å². The van der Waals surface area contributed by atoms with Gasteiger partial charge in [0.05, 0.1) is 11.6 Å². The van der Waals surface area contributed by atoms with Crippen LogP contribution in [0.2, 0.25) is 0 Å². The Balaban J connectivity index is 1.85. The van der Waals surface area contributed by atoms with E-state index in [1.165, 1.54) is 11.9 Å². The normalized spacial score (nSPS) is 21.0. The van der Waals surface area contributed by atoms with Crippen LogP contribution in [0.1, 0.15) is 33.5 Å². The van der Waals surface area contributed by atoms with E-state index in [9.17, 15) is 18.0 Å². The maximum Gasteiger partial charge on any atom is 0.427 e. The maximum atomic E-state index is 13.0. The van der Waals surface area contributed by atoms with E-state index in [0.29, 0.717) is 24.4 Å². The molecule has 3 heterocycles. The van der Waals surface area contributed by atoms with Gasteiger partial charge in [-0.1, -0.05) is 6.07 Å². The van der Waals surface area contributed by atoms with Crippen molar-refractivity contribution in [3.05, 3.63) is 46.2 Å². The third-order valence-corrected chi connectivity index (χ3v) is 4.79. The molecule has 2 aromatic rings. The lowest BCUT2D eigenvalue weighted by Gasteiger charge is -2.28. The summed E-state index contributed by atoms with van der Waals surface area (Å²) in [7, 11) is 1.48. The SMILES string of the molecule is CN(C(=O)c1ncsc1C(F)(F)F)[C@H]1CCO[C@@H]1c1cccnc1. The molecule has 2 atom stereocenters. The van der Waals surface area contributed by atoms with E-state index >= 15 is 0 Å². The number of alkyl halides is 3. The minimum atomic E-state index is -4.60. The van der Waals surface area contributed by atoms with Crippen LogP contribution >= 0.6 is 11.3 Å². The fourth-order valence-corrected chi connectivity index (χ4v) is 3.40. The molecule has 0 spiro atoms. The van der Waals surface area contributed by atoms with Crippen LogP contribution in [0, 0.1) is 0 Å². The van der Waals surface area contributed by atoms with Crippen LogP contribution in [0.4, 0.5) is 13.2 Å². The molecule has 1 fully saturated rings. The number of carbonyl (C=O) groups excluding carboxylic acids is 1. The van der Waals surface area contributed by atoms with Gasteiger partial charge in [-0.2, -0.15) is 13.2 Å². The van der Waals surface area contributed by atoms with Crippen molar-refractivity contribution in [3.8, 4) is 0 Å². The van der Waals surface area contributed by atoms with Gasteiger partial charge < -0.3 is 9.64 Å². The summed E-state index contributed by atoms with van der Waals surface area (Å²) < 4.78 is 44.6. The molecular weight excluding hydrogens is 343 g/mol. The zero-order valence-corrected chi connectivity index (χ0v) is 13.5. The molecule has 0 bridgehead atoms. The predicted molar refractivity (Wildman–Crippen MR) is 80.5 cm³/mol. The molecule has 5 nitrogen and oxygen atoms in total. The number of halogens is 3. The fraction of sp³-hybridized carbons (Fsp3) is 0.400. The third kappa shape index (κ3) is 3.13. The molecule has 1 aliphatic rings. The van der Waals surface area contributed by atoms with Crippen LogP contribution in [0.25, 0.3) is 0 Å². The standard InChI is InChI=1S/C15H14F3N3O2S/c1-21(14(22)11-13(15(16,17)18)24-8-20-11)10-4-6-23-12(10)9-3-2-5-19-7-9/h2-3,5,7-8,10,12H,4,6H2,1H3/t10-,12+/m0/s1. The Morgan fingerprint density at radius 1 is 1.46 bits per heavy atom. The van der Waals surface area contributed by atoms with Crippen molar-refractivity contribution in [2.75, 3.05) is 13.7 Å². The number of nitrogens with zero attached hydrogens (tertiary/aromatic N) is 3. The van der Waals surface area contributed by atoms with Crippen LogP contribution in [0.15, 0.2) is 30.0 Å². The number of hydrogen-bond donors (Lipinski definition) is 0. The molecule has 24 heavy (non-hydrogen) atoms. The van der Waals surface area contributed by atoms with Gasteiger partial charge in [-0.25, -0.2) is 4.98 Å². The van der Waals surface area contributed by atoms with E-state index < -0.39 is 28.8 Å². The van der Waals surface area contributed by atoms with Gasteiger partial charge in [0.15, 0.2) is 5.69 Å². The van der Waals surface area contributed by atoms with E-state index in [4.69, 9.17) is 4.74 Å². The largest absolute Gasteiger partial charge is 0.427 e. The molecule has 3 rings (SSSR count). The number of likely N-dealkylation sites (N-methyl/N-ethyl adjacent to an activating group) is 1. The summed E-state index contributed by atoms with van der Waals surface area (Å²) in [6.07, 6.45) is -1.23. The van der Waals surface area contributed by atoms with Crippen LogP contribution in [-0.2, 0) is 10.9 Å². The summed E-state index contributed by atoms with van der Waals surface area (Å²) in [6, 6.07) is 3.19. The van der Waals surface area contributed by atoms with Crippen molar-refractivity contribution in [2.45, 2.75) is 24.7 Å². The van der Waals surface area contributed by atoms with Crippen LogP contribution in [0.3, 0.4) is 0 Å². The molecule has 0 N–H and O–H groups in total. The summed E-state index contributed by atoms with van der Waals surface area (Å²) in [4.78, 5) is 20.5. The van der Waals surface area contributed by atoms with Gasteiger partial charge in [-0.05, 0) is 12.5 Å². The molecule has 1 aliphatic heterocycles. The monoisotopic (exact) mass is 357 g/mol. The van der Waals surface area contributed by atoms with Crippen molar-refractivity contribution in [1.29, 1.82) is 0 Å². The molecule has 0 aliphatic carbocycles. The number of ether oxygens (including phenoxy) is 1. The van der Waals surface area contributed by atoms with Gasteiger partial charge in [0, 0.05) is 31.6 Å². The van der Waals surface area contributed by atoms with Gasteiger partial charge in [0.1, 0.15) is 11.0 Å². The number of aromatic nitrogens is 2. The van der Waals surface area contributed by atoms with E-state index in [0.717, 1.165) is 11.1 Å². The molecular formula is C15H14F3N3O2S. The highest BCUT2D eigenvalue weighted by molar-refractivity contribution is 7.10. The summed E-state index contributed by atoms with van der Waals surface area (Å²) in [5.41, 5.74) is 1.26. The van der Waals surface area contributed by atoms with Crippen LogP contribution in [0.5, 0.6) is 0 Å². The quantitative estimate of drug-likeness (QED) is 0.847. The second-order valence-electron chi connectivity index (χ2n) is 5.38. The smallest absolute Gasteiger partial charge is 0.371 e. The maximum absolute atomic E-state index is 13.0. The van der Waals surface area contributed by atoms with Crippen molar-refractivity contribution in [1.82, 2.24) is 14.9 Å². The van der Waals surface area contributed by atoms with Crippen LogP contribution in [-0.4, -0.2) is 40.5 Å². The second kappa shape index (κ2) is 6.48. The number of carbonyl (C=O) groups is 1. The molecule has 0 radical (unpaired) electrons. The molecule has 128 valence electrons. The molecule has 0 unspecified atom stereocenters. The van der Waals surface area contributed by atoms with Gasteiger partial charge in [-0.15, -0.1) is 11.3 Å². The fourth-order valence-electron chi connectivity index (χ4n) is 2.75. The minimum Gasteiger partial charge on any atom is -0.371 e. The molecule has 0 aromatic carbocycles. The lowest BCUT2D eigenvalue weighted by atomic mass is 10.0. The lowest BCUT2D eigenvalue weighted by molar-refractivity contribution is -0.134. The first-order chi connectivity index (χ1) is 11.4. The number of pyridine rings is 1. The van der Waals surface area contributed by atoms with Gasteiger partial charge in [-0.3, -0.25) is 9.78 Å². The first-order valence-electron chi connectivity index (χ1n) is 7.19. The highest BCUT2D eigenvalue weighted by Gasteiger charge is 2.41. The molecule has 1 amide bonds. The Labute approximate surface area is 140 Å².